The van der Waals surface area contributed by atoms with E-state index in [1.54, 1.807) is 35.2 Å². The summed E-state index contributed by atoms with van der Waals surface area (Å²) in [5.41, 5.74) is 5.26. The van der Waals surface area contributed by atoms with Crippen LogP contribution in [0.15, 0.2) is 56.4 Å². The van der Waals surface area contributed by atoms with Gasteiger partial charge in [0, 0.05) is 9.75 Å². The lowest BCUT2D eigenvalue weighted by Crippen LogP contribution is -1.63. The lowest BCUT2D eigenvalue weighted by atomic mass is 10.3. The van der Waals surface area contributed by atoms with E-state index >= 15 is 0 Å². The minimum atomic E-state index is 1.01. The number of rotatable bonds is 0. The van der Waals surface area contributed by atoms with Crippen LogP contribution in [0, 0.1) is 55.4 Å². The summed E-state index contributed by atoms with van der Waals surface area (Å²) in [5, 5.41) is 4.23. The van der Waals surface area contributed by atoms with Crippen LogP contribution < -0.4 is 0 Å². The molecular formula is C32H56O2S2. The Balaban J connectivity index is -0.000000173. The fourth-order valence-electron chi connectivity index (χ4n) is 1.79. The van der Waals surface area contributed by atoms with Gasteiger partial charge in [0.2, 0.25) is 0 Å². The summed E-state index contributed by atoms with van der Waals surface area (Å²) in [6, 6.07) is 8.19. The van der Waals surface area contributed by atoms with Crippen LogP contribution in [0.25, 0.3) is 0 Å². The van der Waals surface area contributed by atoms with Gasteiger partial charge in [-0.05, 0) is 113 Å². The third-order valence-electron chi connectivity index (χ3n) is 4.47. The number of hydrogen-bond acceptors (Lipinski definition) is 4. The minimum Gasteiger partial charge on any atom is -0.469 e. The van der Waals surface area contributed by atoms with Crippen LogP contribution >= 0.6 is 22.7 Å². The Morgan fingerprint density at radius 1 is 0.417 bits per heavy atom. The van der Waals surface area contributed by atoms with Gasteiger partial charge in [0.05, 0.1) is 12.5 Å². The van der Waals surface area contributed by atoms with Crippen molar-refractivity contribution in [3.63, 3.8) is 0 Å². The molecule has 0 atom stereocenters. The predicted octanol–water partition coefficient (Wildman–Crippen LogP) is 12.6. The van der Waals surface area contributed by atoms with Crippen molar-refractivity contribution < 1.29 is 8.83 Å². The molecule has 0 spiro atoms. The van der Waals surface area contributed by atoms with Crippen molar-refractivity contribution in [2.75, 3.05) is 0 Å². The molecule has 0 amide bonds. The average Bonchev–Trinajstić information content (AvgIpc) is 3.69. The van der Waals surface area contributed by atoms with E-state index in [9.17, 15) is 0 Å². The molecule has 0 aliphatic carbocycles. The van der Waals surface area contributed by atoms with E-state index in [4.69, 9.17) is 8.83 Å². The van der Waals surface area contributed by atoms with Crippen molar-refractivity contribution in [1.82, 2.24) is 0 Å². The molecule has 4 rings (SSSR count). The normalized spacial score (nSPS) is 8.00. The van der Waals surface area contributed by atoms with Gasteiger partial charge in [0.25, 0.3) is 0 Å². The van der Waals surface area contributed by atoms with Gasteiger partial charge in [0.1, 0.15) is 11.5 Å². The van der Waals surface area contributed by atoms with E-state index in [2.05, 4.69) is 50.6 Å². The zero-order chi connectivity index (χ0) is 29.1. The monoisotopic (exact) mass is 536 g/mol. The second-order valence-electron chi connectivity index (χ2n) is 6.64. The van der Waals surface area contributed by atoms with Gasteiger partial charge in [-0.1, -0.05) is 55.4 Å². The molecular weight excluding hydrogens is 480 g/mol. The average molecular weight is 537 g/mol. The quantitative estimate of drug-likeness (QED) is 0.223. The summed E-state index contributed by atoms with van der Waals surface area (Å²) >= 11 is 3.61. The molecule has 0 radical (unpaired) electrons. The van der Waals surface area contributed by atoms with Gasteiger partial charge in [-0.25, -0.2) is 0 Å². The van der Waals surface area contributed by atoms with Crippen molar-refractivity contribution in [3.8, 4) is 0 Å². The van der Waals surface area contributed by atoms with Crippen LogP contribution in [0.2, 0.25) is 0 Å². The first-order chi connectivity index (χ1) is 17.2. The number of hydrogen-bond donors (Lipinski definition) is 0. The summed E-state index contributed by atoms with van der Waals surface area (Å²) in [6.45, 7) is 32.5. The molecule has 0 aliphatic heterocycles. The maximum absolute atomic E-state index is 4.96. The fourth-order valence-corrected chi connectivity index (χ4v) is 3.25. The SMILES string of the molecule is CC.CC.CC.CC.Cc1ccoc1C.Cc1ccoc1C.Cc1ccsc1C.Cc1ccsc1C. The minimum absolute atomic E-state index is 1.01. The van der Waals surface area contributed by atoms with Crippen LogP contribution in [0.4, 0.5) is 0 Å². The van der Waals surface area contributed by atoms with Gasteiger partial charge < -0.3 is 8.83 Å². The van der Waals surface area contributed by atoms with E-state index < -0.39 is 0 Å². The summed E-state index contributed by atoms with van der Waals surface area (Å²) in [5.74, 6) is 2.03. The third-order valence-corrected chi connectivity index (χ3v) is 6.37. The van der Waals surface area contributed by atoms with Crippen LogP contribution in [0.5, 0.6) is 0 Å². The Kier molecular flexibility index (Phi) is 33.3. The lowest BCUT2D eigenvalue weighted by Gasteiger charge is -1.79. The highest BCUT2D eigenvalue weighted by Crippen LogP contribution is 2.12. The Labute approximate surface area is 232 Å². The first-order valence-electron chi connectivity index (χ1n) is 13.2. The van der Waals surface area contributed by atoms with Crippen molar-refractivity contribution in [3.05, 3.63) is 91.1 Å². The van der Waals surface area contributed by atoms with Crippen molar-refractivity contribution in [2.45, 2.75) is 111 Å². The lowest BCUT2D eigenvalue weighted by molar-refractivity contribution is 0.531. The highest BCUT2D eigenvalue weighted by Gasteiger charge is 1.90. The van der Waals surface area contributed by atoms with E-state index in [1.165, 1.54) is 32.0 Å². The molecule has 0 aromatic carbocycles. The van der Waals surface area contributed by atoms with Gasteiger partial charge in [-0.2, -0.15) is 0 Å². The van der Waals surface area contributed by atoms with Crippen LogP contribution in [0.3, 0.4) is 0 Å². The smallest absolute Gasteiger partial charge is 0.103 e. The van der Waals surface area contributed by atoms with Gasteiger partial charge in [-0.3, -0.25) is 0 Å². The molecule has 0 saturated carbocycles. The highest BCUT2D eigenvalue weighted by atomic mass is 32.1. The van der Waals surface area contributed by atoms with Crippen LogP contribution in [-0.4, -0.2) is 0 Å². The van der Waals surface area contributed by atoms with E-state index in [-0.39, 0.29) is 0 Å². The largest absolute Gasteiger partial charge is 0.469 e. The molecule has 36 heavy (non-hydrogen) atoms. The summed E-state index contributed by atoms with van der Waals surface area (Å²) < 4.78 is 9.93. The standard InChI is InChI=1S/2C6H8O.2C6H8S.4C2H6/c4*1-5-3-4-7-6(5)2;4*1-2/h4*3-4H,1-2H3;4*1-2H3. The molecule has 0 bridgehead atoms. The van der Waals surface area contributed by atoms with E-state index in [0.29, 0.717) is 0 Å². The van der Waals surface area contributed by atoms with Crippen molar-refractivity contribution in [2.24, 2.45) is 0 Å². The molecule has 208 valence electrons. The molecule has 4 aromatic rings. The van der Waals surface area contributed by atoms with Crippen molar-refractivity contribution >= 4 is 22.7 Å². The Bertz CT molecular complexity index is 704. The maximum atomic E-state index is 4.96. The molecule has 0 saturated heterocycles. The molecule has 0 aliphatic rings. The zero-order valence-corrected chi connectivity index (χ0v) is 27.9. The second-order valence-corrected chi connectivity index (χ2v) is 8.88. The van der Waals surface area contributed by atoms with Gasteiger partial charge in [-0.15, -0.1) is 22.7 Å². The Hall–Kier alpha value is -2.04. The Morgan fingerprint density at radius 3 is 0.750 bits per heavy atom. The fraction of sp³-hybridized carbons (Fsp3) is 0.500. The molecule has 2 nitrogen and oxygen atoms in total. The third kappa shape index (κ3) is 21.3. The molecule has 4 aromatic heterocycles. The molecule has 0 unspecified atom stereocenters. The second kappa shape index (κ2) is 29.2. The summed E-state index contributed by atoms with van der Waals surface area (Å²) in [7, 11) is 0. The van der Waals surface area contributed by atoms with Crippen molar-refractivity contribution in [1.29, 1.82) is 0 Å². The first-order valence-corrected chi connectivity index (χ1v) is 15.0. The topological polar surface area (TPSA) is 26.3 Å². The summed E-state index contributed by atoms with van der Waals surface area (Å²) in [6.07, 6.45) is 3.40. The first kappa shape index (κ1) is 41.1. The molecule has 0 fully saturated rings. The molecule has 4 heteroatoms. The predicted molar refractivity (Wildman–Crippen MR) is 169 cm³/mol. The van der Waals surface area contributed by atoms with E-state index in [1.807, 2.05) is 95.2 Å². The zero-order valence-electron chi connectivity index (χ0n) is 26.3. The van der Waals surface area contributed by atoms with E-state index in [0.717, 1.165) is 11.5 Å². The van der Waals surface area contributed by atoms with Gasteiger partial charge >= 0.3 is 0 Å². The number of furan rings is 2. The highest BCUT2D eigenvalue weighted by molar-refractivity contribution is 7.10. The van der Waals surface area contributed by atoms with Crippen LogP contribution in [-0.2, 0) is 0 Å². The number of aryl methyl sites for hydroxylation is 8. The summed E-state index contributed by atoms with van der Waals surface area (Å²) in [4.78, 5) is 2.86. The van der Waals surface area contributed by atoms with Gasteiger partial charge in [0.15, 0.2) is 0 Å². The molecule has 4 heterocycles. The maximum Gasteiger partial charge on any atom is 0.103 e. The number of thiophene rings is 2. The molecule has 0 N–H and O–H groups in total. The Morgan fingerprint density at radius 2 is 0.694 bits per heavy atom. The van der Waals surface area contributed by atoms with Crippen LogP contribution in [0.1, 0.15) is 98.9 Å².